The van der Waals surface area contributed by atoms with Crippen molar-refractivity contribution >= 4 is 11.6 Å². The van der Waals surface area contributed by atoms with Crippen LogP contribution in [0.15, 0.2) is 47.4 Å². The molecule has 1 heterocycles. The lowest BCUT2D eigenvalue weighted by atomic mass is 10.2. The summed E-state index contributed by atoms with van der Waals surface area (Å²) in [5, 5.41) is 0.528. The fourth-order valence-electron chi connectivity index (χ4n) is 1.61. The minimum atomic E-state index is -4.46. The predicted molar refractivity (Wildman–Crippen MR) is 66.3 cm³/mol. The fraction of sp³-hybridized carbons (Fsp3) is 0.154. The van der Waals surface area contributed by atoms with Gasteiger partial charge in [-0.3, -0.25) is 4.79 Å². The van der Waals surface area contributed by atoms with Gasteiger partial charge in [0.05, 0.1) is 12.1 Å². The molecular formula is C13H9ClF3NO. The Kier molecular flexibility index (Phi) is 3.66. The van der Waals surface area contributed by atoms with Gasteiger partial charge in [-0.25, -0.2) is 0 Å². The average Bonchev–Trinajstić information content (AvgIpc) is 2.33. The number of hydrogen-bond acceptors (Lipinski definition) is 1. The quantitative estimate of drug-likeness (QED) is 0.828. The maximum absolute atomic E-state index is 12.6. The van der Waals surface area contributed by atoms with Crippen LogP contribution in [0.4, 0.5) is 13.2 Å². The Morgan fingerprint density at radius 1 is 1.05 bits per heavy atom. The summed E-state index contributed by atoms with van der Waals surface area (Å²) >= 11 is 5.71. The lowest BCUT2D eigenvalue weighted by molar-refractivity contribution is -0.138. The van der Waals surface area contributed by atoms with Gasteiger partial charge in [-0.1, -0.05) is 23.7 Å². The standard InChI is InChI=1S/C13H9ClF3NO/c14-11-4-1-9(2-5-11)7-18-8-10(13(15,16)17)3-6-12(18)19/h1-6,8H,7H2. The van der Waals surface area contributed by atoms with Gasteiger partial charge in [-0.2, -0.15) is 13.2 Å². The first-order valence-electron chi connectivity index (χ1n) is 5.38. The van der Waals surface area contributed by atoms with Crippen molar-refractivity contribution in [2.24, 2.45) is 0 Å². The van der Waals surface area contributed by atoms with Crippen LogP contribution in [0.2, 0.25) is 5.02 Å². The topological polar surface area (TPSA) is 22.0 Å². The Labute approximate surface area is 112 Å². The molecule has 0 unspecified atom stereocenters. The van der Waals surface area contributed by atoms with Gasteiger partial charge in [-0.15, -0.1) is 0 Å². The van der Waals surface area contributed by atoms with Crippen molar-refractivity contribution in [1.29, 1.82) is 0 Å². The molecule has 0 radical (unpaired) electrons. The predicted octanol–water partition coefficient (Wildman–Crippen LogP) is 3.57. The highest BCUT2D eigenvalue weighted by atomic mass is 35.5. The smallest absolute Gasteiger partial charge is 0.311 e. The first-order valence-corrected chi connectivity index (χ1v) is 5.76. The molecular weight excluding hydrogens is 279 g/mol. The highest BCUT2D eigenvalue weighted by Gasteiger charge is 2.30. The molecule has 1 aromatic heterocycles. The number of halogens is 4. The largest absolute Gasteiger partial charge is 0.417 e. The van der Waals surface area contributed by atoms with E-state index in [-0.39, 0.29) is 6.54 Å². The van der Waals surface area contributed by atoms with Crippen LogP contribution in [-0.4, -0.2) is 4.57 Å². The van der Waals surface area contributed by atoms with Crippen LogP contribution in [0.1, 0.15) is 11.1 Å². The summed E-state index contributed by atoms with van der Waals surface area (Å²) in [6.07, 6.45) is -3.65. The number of hydrogen-bond donors (Lipinski definition) is 0. The highest BCUT2D eigenvalue weighted by Crippen LogP contribution is 2.28. The summed E-state index contributed by atoms with van der Waals surface area (Å²) in [5.74, 6) is 0. The number of pyridine rings is 1. The molecule has 0 bridgehead atoms. The third kappa shape index (κ3) is 3.38. The van der Waals surface area contributed by atoms with Crippen molar-refractivity contribution in [2.45, 2.75) is 12.7 Å². The second kappa shape index (κ2) is 5.09. The lowest BCUT2D eigenvalue weighted by Crippen LogP contribution is -2.21. The number of benzene rings is 1. The number of alkyl halides is 3. The molecule has 2 nitrogen and oxygen atoms in total. The molecule has 6 heteroatoms. The number of aromatic nitrogens is 1. The Morgan fingerprint density at radius 3 is 2.26 bits per heavy atom. The van der Waals surface area contributed by atoms with E-state index >= 15 is 0 Å². The van der Waals surface area contributed by atoms with Gasteiger partial charge < -0.3 is 4.57 Å². The first-order chi connectivity index (χ1) is 8.86. The van der Waals surface area contributed by atoms with Gasteiger partial charge in [0.1, 0.15) is 0 Å². The molecule has 2 aromatic rings. The highest BCUT2D eigenvalue weighted by molar-refractivity contribution is 6.30. The fourth-order valence-corrected chi connectivity index (χ4v) is 1.74. The third-order valence-electron chi connectivity index (χ3n) is 2.58. The summed E-state index contributed by atoms with van der Waals surface area (Å²) < 4.78 is 38.7. The van der Waals surface area contributed by atoms with Crippen LogP contribution in [0.25, 0.3) is 0 Å². The van der Waals surface area contributed by atoms with Gasteiger partial charge >= 0.3 is 6.18 Å². The van der Waals surface area contributed by atoms with Crippen molar-refractivity contribution in [1.82, 2.24) is 4.57 Å². The zero-order chi connectivity index (χ0) is 14.0. The van der Waals surface area contributed by atoms with E-state index in [1.165, 1.54) is 0 Å². The van der Waals surface area contributed by atoms with Crippen LogP contribution in [0.3, 0.4) is 0 Å². The number of rotatable bonds is 2. The molecule has 0 amide bonds. The van der Waals surface area contributed by atoms with Crippen molar-refractivity contribution in [3.05, 3.63) is 69.1 Å². The van der Waals surface area contributed by atoms with Crippen LogP contribution >= 0.6 is 11.6 Å². The second-order valence-electron chi connectivity index (χ2n) is 4.01. The number of nitrogens with zero attached hydrogens (tertiary/aromatic N) is 1. The molecule has 0 N–H and O–H groups in total. The monoisotopic (exact) mass is 287 g/mol. The Balaban J connectivity index is 2.34. The molecule has 0 aliphatic carbocycles. The van der Waals surface area contributed by atoms with Crippen LogP contribution in [0.5, 0.6) is 0 Å². The molecule has 1 aromatic carbocycles. The third-order valence-corrected chi connectivity index (χ3v) is 2.83. The summed E-state index contributed by atoms with van der Waals surface area (Å²) in [6, 6.07) is 8.26. The summed E-state index contributed by atoms with van der Waals surface area (Å²) in [5.41, 5.74) is -0.630. The van der Waals surface area contributed by atoms with Gasteiger partial charge in [0, 0.05) is 17.3 Å². The van der Waals surface area contributed by atoms with E-state index in [0.717, 1.165) is 22.9 Å². The normalized spacial score (nSPS) is 11.6. The molecule has 0 fully saturated rings. The molecule has 19 heavy (non-hydrogen) atoms. The summed E-state index contributed by atoms with van der Waals surface area (Å²) in [6.45, 7) is 0.0694. The Morgan fingerprint density at radius 2 is 1.68 bits per heavy atom. The van der Waals surface area contributed by atoms with E-state index in [2.05, 4.69) is 0 Å². The Bertz CT molecular complexity index is 632. The maximum Gasteiger partial charge on any atom is 0.417 e. The van der Waals surface area contributed by atoms with Crippen LogP contribution in [-0.2, 0) is 12.7 Å². The minimum absolute atomic E-state index is 0.0694. The van der Waals surface area contributed by atoms with E-state index in [1.54, 1.807) is 24.3 Å². The summed E-state index contributed by atoms with van der Waals surface area (Å²) in [7, 11) is 0. The maximum atomic E-state index is 12.6. The van der Waals surface area contributed by atoms with E-state index in [0.29, 0.717) is 10.6 Å². The van der Waals surface area contributed by atoms with Crippen molar-refractivity contribution < 1.29 is 13.2 Å². The van der Waals surface area contributed by atoms with Gasteiger partial charge in [-0.05, 0) is 23.8 Å². The van der Waals surface area contributed by atoms with E-state index in [9.17, 15) is 18.0 Å². The van der Waals surface area contributed by atoms with E-state index in [1.807, 2.05) is 0 Å². The van der Waals surface area contributed by atoms with Crippen molar-refractivity contribution in [3.8, 4) is 0 Å². The van der Waals surface area contributed by atoms with E-state index < -0.39 is 17.3 Å². The molecule has 0 saturated carbocycles. The molecule has 100 valence electrons. The first kappa shape index (κ1) is 13.7. The zero-order valence-corrected chi connectivity index (χ0v) is 10.4. The molecule has 0 aliphatic rings. The second-order valence-corrected chi connectivity index (χ2v) is 4.44. The van der Waals surface area contributed by atoms with Gasteiger partial charge in [0.2, 0.25) is 0 Å². The van der Waals surface area contributed by atoms with E-state index in [4.69, 9.17) is 11.6 Å². The minimum Gasteiger partial charge on any atom is -0.311 e. The van der Waals surface area contributed by atoms with Crippen molar-refractivity contribution in [2.75, 3.05) is 0 Å². The SMILES string of the molecule is O=c1ccc(C(F)(F)F)cn1Cc1ccc(Cl)cc1. The summed E-state index contributed by atoms with van der Waals surface area (Å²) in [4.78, 5) is 11.5. The Hall–Kier alpha value is -1.75. The molecule has 2 rings (SSSR count). The van der Waals surface area contributed by atoms with Crippen LogP contribution in [0, 0.1) is 0 Å². The van der Waals surface area contributed by atoms with Crippen LogP contribution < -0.4 is 5.56 Å². The van der Waals surface area contributed by atoms with Gasteiger partial charge in [0.15, 0.2) is 0 Å². The molecule has 0 aliphatic heterocycles. The lowest BCUT2D eigenvalue weighted by Gasteiger charge is -2.10. The molecule has 0 saturated heterocycles. The molecule has 0 spiro atoms. The van der Waals surface area contributed by atoms with Gasteiger partial charge in [0.25, 0.3) is 5.56 Å². The molecule has 0 atom stereocenters. The zero-order valence-electron chi connectivity index (χ0n) is 9.62. The van der Waals surface area contributed by atoms with Crippen molar-refractivity contribution in [3.63, 3.8) is 0 Å². The average molecular weight is 288 g/mol.